The van der Waals surface area contributed by atoms with Crippen LogP contribution in [0.25, 0.3) is 0 Å². The second kappa shape index (κ2) is 8.47. The summed E-state index contributed by atoms with van der Waals surface area (Å²) in [4.78, 5) is 6.76. The Morgan fingerprint density at radius 3 is 2.83 bits per heavy atom. The van der Waals surface area contributed by atoms with Gasteiger partial charge in [-0.3, -0.25) is 9.88 Å². The zero-order valence-electron chi connectivity index (χ0n) is 14.1. The number of benzene rings is 1. The third kappa shape index (κ3) is 4.94. The van der Waals surface area contributed by atoms with Gasteiger partial charge in [0.15, 0.2) is 0 Å². The Kier molecular flexibility index (Phi) is 6.60. The zero-order valence-corrected chi connectivity index (χ0v) is 15.0. The van der Waals surface area contributed by atoms with Crippen molar-refractivity contribution >= 4 is 12.4 Å². The lowest BCUT2D eigenvalue weighted by molar-refractivity contribution is 0.273. The number of aromatic nitrogens is 1. The lowest BCUT2D eigenvalue weighted by Gasteiger charge is -2.22. The number of likely N-dealkylation sites (tertiary alicyclic amines) is 1. The molecule has 0 aliphatic carbocycles. The van der Waals surface area contributed by atoms with Gasteiger partial charge in [0.25, 0.3) is 0 Å². The molecule has 0 amide bonds. The van der Waals surface area contributed by atoms with E-state index in [0.717, 1.165) is 37.6 Å². The Morgan fingerprint density at radius 2 is 2.12 bits per heavy atom. The molecule has 1 unspecified atom stereocenters. The summed E-state index contributed by atoms with van der Waals surface area (Å²) in [7, 11) is 0. The Bertz CT molecular complexity index is 638. The van der Waals surface area contributed by atoms with E-state index in [1.165, 1.54) is 12.0 Å². The number of hydrogen-bond donors (Lipinski definition) is 1. The van der Waals surface area contributed by atoms with Crippen molar-refractivity contribution in [3.63, 3.8) is 0 Å². The van der Waals surface area contributed by atoms with Crippen molar-refractivity contribution in [2.24, 2.45) is 11.1 Å². The minimum atomic E-state index is 0. The molecule has 5 heteroatoms. The predicted octanol–water partition coefficient (Wildman–Crippen LogP) is 3.25. The summed E-state index contributed by atoms with van der Waals surface area (Å²) in [5, 5.41) is 0. The molecule has 1 atom stereocenters. The van der Waals surface area contributed by atoms with Crippen LogP contribution in [0.3, 0.4) is 0 Å². The minimum absolute atomic E-state index is 0. The van der Waals surface area contributed by atoms with Crippen LogP contribution >= 0.6 is 12.4 Å². The van der Waals surface area contributed by atoms with Crippen molar-refractivity contribution in [1.29, 1.82) is 0 Å². The average molecular weight is 348 g/mol. The highest BCUT2D eigenvalue weighted by Gasteiger charge is 2.32. The number of nitrogens with zero attached hydrogens (tertiary/aromatic N) is 2. The molecule has 1 aromatic heterocycles. The number of halogens is 1. The Morgan fingerprint density at radius 1 is 1.25 bits per heavy atom. The van der Waals surface area contributed by atoms with Crippen LogP contribution in [-0.2, 0) is 13.2 Å². The van der Waals surface area contributed by atoms with E-state index >= 15 is 0 Å². The fraction of sp³-hybridized carbons (Fsp3) is 0.421. The van der Waals surface area contributed by atoms with Crippen LogP contribution in [0, 0.1) is 5.41 Å². The number of hydrogen-bond acceptors (Lipinski definition) is 4. The molecule has 0 saturated carbocycles. The lowest BCUT2D eigenvalue weighted by atomic mass is 9.90. The van der Waals surface area contributed by atoms with Gasteiger partial charge in [-0.05, 0) is 54.8 Å². The summed E-state index contributed by atoms with van der Waals surface area (Å²) in [5.74, 6) is 0.897. The molecule has 0 spiro atoms. The second-order valence-corrected chi connectivity index (χ2v) is 6.73. The van der Waals surface area contributed by atoms with E-state index in [4.69, 9.17) is 10.5 Å². The lowest BCUT2D eigenvalue weighted by Crippen LogP contribution is -2.31. The molecular weight excluding hydrogens is 322 g/mol. The van der Waals surface area contributed by atoms with E-state index < -0.39 is 0 Å². The molecule has 1 aliphatic rings. The highest BCUT2D eigenvalue weighted by Crippen LogP contribution is 2.29. The van der Waals surface area contributed by atoms with Gasteiger partial charge in [0, 0.05) is 19.3 Å². The first-order chi connectivity index (χ1) is 11.2. The maximum absolute atomic E-state index is 5.89. The van der Waals surface area contributed by atoms with E-state index in [2.05, 4.69) is 35.0 Å². The summed E-state index contributed by atoms with van der Waals surface area (Å²) in [5.41, 5.74) is 8.38. The monoisotopic (exact) mass is 347 g/mol. The van der Waals surface area contributed by atoms with Gasteiger partial charge in [0.2, 0.25) is 0 Å². The molecule has 2 N–H and O–H groups in total. The Labute approximate surface area is 150 Å². The van der Waals surface area contributed by atoms with Crippen LogP contribution in [0.15, 0.2) is 48.7 Å². The van der Waals surface area contributed by atoms with Gasteiger partial charge in [-0.1, -0.05) is 25.1 Å². The SMILES string of the molecule is CC1(CN)CCN(Cc2cccc(OCc3ccccn3)c2)C1.Cl. The molecule has 1 aromatic carbocycles. The Hall–Kier alpha value is -1.62. The first-order valence-electron chi connectivity index (χ1n) is 8.21. The quantitative estimate of drug-likeness (QED) is 0.871. The Balaban J connectivity index is 0.00000208. The van der Waals surface area contributed by atoms with E-state index in [-0.39, 0.29) is 17.8 Å². The molecule has 0 bridgehead atoms. The van der Waals surface area contributed by atoms with Gasteiger partial charge in [-0.15, -0.1) is 12.4 Å². The summed E-state index contributed by atoms with van der Waals surface area (Å²) in [6.45, 7) is 6.68. The molecule has 2 aromatic rings. The average Bonchev–Trinajstić information content (AvgIpc) is 2.96. The third-order valence-electron chi connectivity index (χ3n) is 4.55. The largest absolute Gasteiger partial charge is 0.487 e. The van der Waals surface area contributed by atoms with Crippen LogP contribution in [0.1, 0.15) is 24.6 Å². The first kappa shape index (κ1) is 18.7. The molecule has 2 heterocycles. The van der Waals surface area contributed by atoms with Gasteiger partial charge < -0.3 is 10.5 Å². The van der Waals surface area contributed by atoms with Crippen molar-refractivity contribution < 1.29 is 4.74 Å². The van der Waals surface area contributed by atoms with Crippen molar-refractivity contribution in [1.82, 2.24) is 9.88 Å². The van der Waals surface area contributed by atoms with Crippen LogP contribution in [0.4, 0.5) is 0 Å². The fourth-order valence-electron chi connectivity index (χ4n) is 3.06. The first-order valence-corrected chi connectivity index (χ1v) is 8.21. The zero-order chi connectivity index (χ0) is 16.1. The summed E-state index contributed by atoms with van der Waals surface area (Å²) in [6, 6.07) is 14.2. The third-order valence-corrected chi connectivity index (χ3v) is 4.55. The van der Waals surface area contributed by atoms with Gasteiger partial charge in [-0.2, -0.15) is 0 Å². The van der Waals surface area contributed by atoms with Crippen LogP contribution in [0.2, 0.25) is 0 Å². The standard InChI is InChI=1S/C19H25N3O.ClH/c1-19(14-20)8-10-22(15-19)12-16-5-4-7-18(11-16)23-13-17-6-2-3-9-21-17;/h2-7,9,11H,8,10,12-15,20H2,1H3;1H. The maximum atomic E-state index is 5.89. The van der Waals surface area contributed by atoms with Gasteiger partial charge in [0.05, 0.1) is 5.69 Å². The normalized spacial score (nSPS) is 20.6. The molecular formula is C19H26ClN3O. The molecule has 1 fully saturated rings. The molecule has 130 valence electrons. The highest BCUT2D eigenvalue weighted by molar-refractivity contribution is 5.85. The van der Waals surface area contributed by atoms with Crippen molar-refractivity contribution in [3.8, 4) is 5.75 Å². The topological polar surface area (TPSA) is 51.4 Å². The van der Waals surface area contributed by atoms with Gasteiger partial charge in [0.1, 0.15) is 12.4 Å². The van der Waals surface area contributed by atoms with Gasteiger partial charge >= 0.3 is 0 Å². The smallest absolute Gasteiger partial charge is 0.130 e. The van der Waals surface area contributed by atoms with Crippen molar-refractivity contribution in [2.45, 2.75) is 26.5 Å². The molecule has 4 nitrogen and oxygen atoms in total. The number of rotatable bonds is 6. The highest BCUT2D eigenvalue weighted by atomic mass is 35.5. The van der Waals surface area contributed by atoms with Crippen LogP contribution in [0.5, 0.6) is 5.75 Å². The summed E-state index contributed by atoms with van der Waals surface area (Å²) in [6.07, 6.45) is 2.97. The van der Waals surface area contributed by atoms with E-state index in [1.807, 2.05) is 24.3 Å². The molecule has 1 aliphatic heterocycles. The van der Waals surface area contributed by atoms with Crippen molar-refractivity contribution in [2.75, 3.05) is 19.6 Å². The number of ether oxygens (including phenoxy) is 1. The minimum Gasteiger partial charge on any atom is -0.487 e. The molecule has 24 heavy (non-hydrogen) atoms. The van der Waals surface area contributed by atoms with E-state index in [1.54, 1.807) is 6.20 Å². The molecule has 1 saturated heterocycles. The predicted molar refractivity (Wildman–Crippen MR) is 99.3 cm³/mol. The maximum Gasteiger partial charge on any atom is 0.130 e. The van der Waals surface area contributed by atoms with Crippen molar-refractivity contribution in [3.05, 3.63) is 59.9 Å². The molecule has 3 rings (SSSR count). The van der Waals surface area contributed by atoms with E-state index in [9.17, 15) is 0 Å². The van der Waals surface area contributed by atoms with Crippen LogP contribution in [-0.4, -0.2) is 29.5 Å². The number of pyridine rings is 1. The second-order valence-electron chi connectivity index (χ2n) is 6.73. The number of nitrogens with two attached hydrogens (primary N) is 1. The van der Waals surface area contributed by atoms with E-state index in [0.29, 0.717) is 6.61 Å². The summed E-state index contributed by atoms with van der Waals surface area (Å²) < 4.78 is 5.86. The summed E-state index contributed by atoms with van der Waals surface area (Å²) >= 11 is 0. The molecule has 0 radical (unpaired) electrons. The van der Waals surface area contributed by atoms with Gasteiger partial charge in [-0.25, -0.2) is 0 Å². The van der Waals surface area contributed by atoms with Crippen LogP contribution < -0.4 is 10.5 Å². The fourth-order valence-corrected chi connectivity index (χ4v) is 3.06.